The van der Waals surface area contributed by atoms with Gasteiger partial charge in [-0.1, -0.05) is 13.8 Å². The summed E-state index contributed by atoms with van der Waals surface area (Å²) in [5.74, 6) is -0.415. The average molecular weight is 407 g/mol. The van der Waals surface area contributed by atoms with Gasteiger partial charge in [-0.05, 0) is 19.9 Å². The maximum Gasteiger partial charge on any atom is 0.356 e. The summed E-state index contributed by atoms with van der Waals surface area (Å²) in [6.45, 7) is 6.01. The number of nitrogens with zero attached hydrogens (tertiary/aromatic N) is 2. The SMILES string of the molecule is CCOP(=O)(CO[C@@H](CF)Cn1ccc(NC(=O)C(C)C)nc1=O)OCC. The van der Waals surface area contributed by atoms with E-state index in [1.54, 1.807) is 27.7 Å². The van der Waals surface area contributed by atoms with E-state index in [9.17, 15) is 18.5 Å². The van der Waals surface area contributed by atoms with Crippen LogP contribution in [0.1, 0.15) is 27.7 Å². The minimum atomic E-state index is -3.48. The summed E-state index contributed by atoms with van der Waals surface area (Å²) < 4.78 is 42.2. The zero-order valence-electron chi connectivity index (χ0n) is 16.0. The topological polar surface area (TPSA) is 109 Å². The number of nitrogens with one attached hydrogen (secondary N) is 1. The third-order valence-corrected chi connectivity index (χ3v) is 5.11. The molecule has 154 valence electrons. The molecule has 1 N–H and O–H groups in total. The Labute approximate surface area is 157 Å². The first-order chi connectivity index (χ1) is 12.7. The maximum absolute atomic E-state index is 13.3. The number of hydrogen-bond donors (Lipinski definition) is 1. The molecular formula is C16H27FN3O6P. The highest BCUT2D eigenvalue weighted by atomic mass is 31.2. The lowest BCUT2D eigenvalue weighted by atomic mass is 10.2. The van der Waals surface area contributed by atoms with Crippen LogP contribution >= 0.6 is 7.60 Å². The molecule has 0 saturated heterocycles. The monoisotopic (exact) mass is 407 g/mol. The van der Waals surface area contributed by atoms with Gasteiger partial charge in [-0.3, -0.25) is 13.9 Å². The second-order valence-electron chi connectivity index (χ2n) is 5.91. The van der Waals surface area contributed by atoms with Crippen LogP contribution < -0.4 is 11.0 Å². The Morgan fingerprint density at radius 3 is 2.44 bits per heavy atom. The molecule has 0 aromatic carbocycles. The lowest BCUT2D eigenvalue weighted by Crippen LogP contribution is -2.32. The number of halogens is 1. The summed E-state index contributed by atoms with van der Waals surface area (Å²) in [4.78, 5) is 27.4. The third kappa shape index (κ3) is 7.88. The van der Waals surface area contributed by atoms with Crippen LogP contribution in [-0.2, 0) is 29.7 Å². The van der Waals surface area contributed by atoms with Gasteiger partial charge in [-0.2, -0.15) is 4.98 Å². The Morgan fingerprint density at radius 2 is 1.96 bits per heavy atom. The van der Waals surface area contributed by atoms with E-state index in [0.29, 0.717) is 0 Å². The smallest absolute Gasteiger partial charge is 0.356 e. The van der Waals surface area contributed by atoms with E-state index in [1.807, 2.05) is 0 Å². The lowest BCUT2D eigenvalue weighted by Gasteiger charge is -2.21. The third-order valence-electron chi connectivity index (χ3n) is 3.34. The van der Waals surface area contributed by atoms with Crippen molar-refractivity contribution in [2.75, 3.05) is 31.6 Å². The summed E-state index contributed by atoms with van der Waals surface area (Å²) in [5.41, 5.74) is -0.670. The number of alkyl halides is 1. The molecule has 9 nitrogen and oxygen atoms in total. The van der Waals surface area contributed by atoms with E-state index in [0.717, 1.165) is 4.57 Å². The molecule has 1 amide bonds. The van der Waals surface area contributed by atoms with Crippen molar-refractivity contribution >= 4 is 19.3 Å². The normalized spacial score (nSPS) is 13.0. The van der Waals surface area contributed by atoms with Crippen LogP contribution in [0.3, 0.4) is 0 Å². The molecule has 0 spiro atoms. The zero-order valence-corrected chi connectivity index (χ0v) is 16.9. The second kappa shape index (κ2) is 11.3. The Balaban J connectivity index is 2.75. The summed E-state index contributed by atoms with van der Waals surface area (Å²) in [6, 6.07) is 1.43. The van der Waals surface area contributed by atoms with Crippen LogP contribution in [0.4, 0.5) is 10.2 Å². The number of amides is 1. The van der Waals surface area contributed by atoms with Crippen molar-refractivity contribution in [2.24, 2.45) is 5.92 Å². The van der Waals surface area contributed by atoms with Gasteiger partial charge in [0.2, 0.25) is 5.91 Å². The van der Waals surface area contributed by atoms with E-state index < -0.39 is 32.4 Å². The number of carbonyl (C=O) groups is 1. The van der Waals surface area contributed by atoms with Crippen molar-refractivity contribution in [1.29, 1.82) is 0 Å². The number of carbonyl (C=O) groups excluding carboxylic acids is 1. The van der Waals surface area contributed by atoms with Gasteiger partial charge >= 0.3 is 13.3 Å². The molecule has 0 bridgehead atoms. The number of anilines is 1. The van der Waals surface area contributed by atoms with E-state index in [1.165, 1.54) is 12.3 Å². The molecule has 1 heterocycles. The predicted octanol–water partition coefficient (Wildman–Crippen LogP) is 2.42. The molecule has 0 fully saturated rings. The van der Waals surface area contributed by atoms with Crippen molar-refractivity contribution in [3.05, 3.63) is 22.7 Å². The minimum Gasteiger partial charge on any atom is -0.361 e. The largest absolute Gasteiger partial charge is 0.361 e. The van der Waals surface area contributed by atoms with E-state index in [2.05, 4.69) is 10.3 Å². The van der Waals surface area contributed by atoms with Crippen molar-refractivity contribution in [3.8, 4) is 0 Å². The summed E-state index contributed by atoms with van der Waals surface area (Å²) in [6.07, 6.45) is -0.0782. The molecule has 0 radical (unpaired) electrons. The Morgan fingerprint density at radius 1 is 1.33 bits per heavy atom. The van der Waals surface area contributed by atoms with Crippen LogP contribution in [-0.4, -0.2) is 47.8 Å². The number of ether oxygens (including phenoxy) is 1. The molecule has 11 heteroatoms. The van der Waals surface area contributed by atoms with Gasteiger partial charge in [0.15, 0.2) is 0 Å². The highest BCUT2D eigenvalue weighted by molar-refractivity contribution is 7.53. The quantitative estimate of drug-likeness (QED) is 0.530. The molecule has 0 aliphatic carbocycles. The maximum atomic E-state index is 13.3. The molecule has 1 aromatic rings. The summed E-state index contributed by atoms with van der Waals surface area (Å²) in [7, 11) is -3.48. The molecule has 0 unspecified atom stereocenters. The van der Waals surface area contributed by atoms with Crippen molar-refractivity contribution < 1.29 is 27.5 Å². The molecule has 0 aliphatic heterocycles. The summed E-state index contributed by atoms with van der Waals surface area (Å²) in [5, 5.41) is 2.51. The molecule has 0 saturated carbocycles. The zero-order chi connectivity index (χ0) is 20.4. The number of aromatic nitrogens is 2. The molecule has 1 atom stereocenters. The van der Waals surface area contributed by atoms with Gasteiger partial charge in [-0.25, -0.2) is 9.18 Å². The van der Waals surface area contributed by atoms with Crippen molar-refractivity contribution in [3.63, 3.8) is 0 Å². The standard InChI is InChI=1S/C16H27FN3O6P/c1-5-25-27(23,26-6-2)11-24-13(9-17)10-20-8-7-14(19-16(20)22)18-15(21)12(3)4/h7-8,12-13H,5-6,9-11H2,1-4H3,(H,18,19,21,22)/t13-/m0/s1. The molecule has 27 heavy (non-hydrogen) atoms. The Kier molecular flexibility index (Phi) is 9.79. The van der Waals surface area contributed by atoms with Gasteiger partial charge in [0, 0.05) is 12.1 Å². The van der Waals surface area contributed by atoms with Crippen molar-refractivity contribution in [2.45, 2.75) is 40.3 Å². The Bertz CT molecular complexity index is 702. The summed E-state index contributed by atoms with van der Waals surface area (Å²) >= 11 is 0. The lowest BCUT2D eigenvalue weighted by molar-refractivity contribution is -0.118. The molecular weight excluding hydrogens is 380 g/mol. The fraction of sp³-hybridized carbons (Fsp3) is 0.688. The van der Waals surface area contributed by atoms with Crippen LogP contribution in [0.25, 0.3) is 0 Å². The van der Waals surface area contributed by atoms with E-state index in [-0.39, 0.29) is 37.4 Å². The fourth-order valence-corrected chi connectivity index (χ4v) is 3.38. The first kappa shape index (κ1) is 23.4. The van der Waals surface area contributed by atoms with Gasteiger partial charge in [0.1, 0.15) is 24.9 Å². The van der Waals surface area contributed by atoms with Crippen LogP contribution in [0, 0.1) is 5.92 Å². The first-order valence-electron chi connectivity index (χ1n) is 8.68. The van der Waals surface area contributed by atoms with Gasteiger partial charge in [-0.15, -0.1) is 0 Å². The first-order valence-corrected chi connectivity index (χ1v) is 10.4. The predicted molar refractivity (Wildman–Crippen MR) is 98.5 cm³/mol. The molecule has 1 rings (SSSR count). The average Bonchev–Trinajstić information content (AvgIpc) is 2.60. The highest BCUT2D eigenvalue weighted by Crippen LogP contribution is 2.48. The van der Waals surface area contributed by atoms with Crippen LogP contribution in [0.2, 0.25) is 0 Å². The van der Waals surface area contributed by atoms with E-state index >= 15 is 0 Å². The second-order valence-corrected chi connectivity index (χ2v) is 7.91. The van der Waals surface area contributed by atoms with E-state index in [4.69, 9.17) is 13.8 Å². The van der Waals surface area contributed by atoms with Crippen molar-refractivity contribution in [1.82, 2.24) is 9.55 Å². The van der Waals surface area contributed by atoms with Crippen LogP contribution in [0.5, 0.6) is 0 Å². The highest BCUT2D eigenvalue weighted by Gasteiger charge is 2.26. The number of rotatable bonds is 12. The fourth-order valence-electron chi connectivity index (χ4n) is 1.98. The van der Waals surface area contributed by atoms with Gasteiger partial charge in [0.25, 0.3) is 0 Å². The number of hydrogen-bond acceptors (Lipinski definition) is 7. The van der Waals surface area contributed by atoms with Gasteiger partial charge < -0.3 is 19.1 Å². The molecule has 1 aromatic heterocycles. The molecule has 0 aliphatic rings. The van der Waals surface area contributed by atoms with Gasteiger partial charge in [0.05, 0.1) is 19.8 Å². The van der Waals surface area contributed by atoms with Crippen LogP contribution in [0.15, 0.2) is 17.1 Å². The minimum absolute atomic E-state index is 0.116. The Hall–Kier alpha value is -1.61.